The Hall–Kier alpha value is -3.52. The number of hydrogen-bond acceptors (Lipinski definition) is 0. The van der Waals surface area contributed by atoms with Gasteiger partial charge in [0.15, 0.2) is 0 Å². The summed E-state index contributed by atoms with van der Waals surface area (Å²) in [7, 11) is 0. The van der Waals surface area contributed by atoms with E-state index in [0.717, 1.165) is 0 Å². The second kappa shape index (κ2) is 5.74. The lowest BCUT2D eigenvalue weighted by Crippen LogP contribution is -1.98. The molecule has 0 fully saturated rings. The molecule has 0 aliphatic carbocycles. The predicted octanol–water partition coefficient (Wildman–Crippen LogP) is 6.92. The van der Waals surface area contributed by atoms with E-state index in [1.165, 1.54) is 54.7 Å². The van der Waals surface area contributed by atoms with Gasteiger partial charge in [0.05, 0.1) is 11.0 Å². The first kappa shape index (κ1) is 15.5. The molecule has 0 bridgehead atoms. The molecule has 133 valence electrons. The average molecular weight is 359 g/mol. The van der Waals surface area contributed by atoms with Crippen LogP contribution in [0.25, 0.3) is 43.6 Å². The number of rotatable bonds is 2. The highest BCUT2D eigenvalue weighted by molar-refractivity contribution is 6.10. The van der Waals surface area contributed by atoms with Crippen LogP contribution in [-0.4, -0.2) is 9.97 Å². The summed E-state index contributed by atoms with van der Waals surface area (Å²) < 4.78 is 0. The highest BCUT2D eigenvalue weighted by atomic mass is 14.7. The molecule has 2 heteroatoms. The first-order chi connectivity index (χ1) is 13.8. The van der Waals surface area contributed by atoms with Crippen LogP contribution < -0.4 is 0 Å². The van der Waals surface area contributed by atoms with Crippen LogP contribution in [0.15, 0.2) is 84.9 Å². The molecule has 0 saturated heterocycles. The van der Waals surface area contributed by atoms with Crippen LogP contribution in [0, 0.1) is 6.92 Å². The molecule has 4 aromatic carbocycles. The number of hydrogen-bond donors (Lipinski definition) is 2. The van der Waals surface area contributed by atoms with E-state index in [4.69, 9.17) is 0 Å². The summed E-state index contributed by atoms with van der Waals surface area (Å²) in [6.45, 7) is 4.58. The zero-order valence-electron chi connectivity index (χ0n) is 15.4. The van der Waals surface area contributed by atoms with Gasteiger partial charge in [-0.25, -0.2) is 0 Å². The Morgan fingerprint density at radius 3 is 1.43 bits per heavy atom. The van der Waals surface area contributed by atoms with Gasteiger partial charge in [-0.05, 0) is 30.2 Å². The molecule has 0 amide bonds. The molecule has 1 radical (unpaired) electrons. The van der Waals surface area contributed by atoms with E-state index in [0.29, 0.717) is 0 Å². The summed E-state index contributed by atoms with van der Waals surface area (Å²) in [6, 6.07) is 30.0. The predicted molar refractivity (Wildman–Crippen MR) is 119 cm³/mol. The van der Waals surface area contributed by atoms with E-state index in [1.807, 2.05) is 0 Å². The Morgan fingerprint density at radius 1 is 0.500 bits per heavy atom. The van der Waals surface area contributed by atoms with Gasteiger partial charge >= 0.3 is 0 Å². The van der Waals surface area contributed by atoms with Crippen molar-refractivity contribution in [3.05, 3.63) is 103 Å². The van der Waals surface area contributed by atoms with Gasteiger partial charge in [-0.2, -0.15) is 0 Å². The lowest BCUT2D eigenvalue weighted by molar-refractivity contribution is 1.04. The molecule has 2 aromatic heterocycles. The maximum absolute atomic E-state index is 4.58. The molecule has 6 rings (SSSR count). The normalized spacial score (nSPS) is 12.1. The van der Waals surface area contributed by atoms with Crippen LogP contribution in [0.3, 0.4) is 0 Å². The quantitative estimate of drug-likeness (QED) is 0.336. The van der Waals surface area contributed by atoms with Gasteiger partial charge in [-0.1, -0.05) is 72.8 Å². The fourth-order valence-electron chi connectivity index (χ4n) is 4.54. The Balaban J connectivity index is 1.62. The molecule has 0 unspecified atom stereocenters. The molecule has 0 aliphatic heterocycles. The van der Waals surface area contributed by atoms with Crippen molar-refractivity contribution in [1.29, 1.82) is 0 Å². The molecule has 0 spiro atoms. The third kappa shape index (κ3) is 2.09. The topological polar surface area (TPSA) is 31.6 Å². The second-order valence-corrected chi connectivity index (χ2v) is 7.43. The van der Waals surface area contributed by atoms with Crippen molar-refractivity contribution in [3.63, 3.8) is 0 Å². The van der Waals surface area contributed by atoms with Crippen LogP contribution >= 0.6 is 0 Å². The molecule has 6 aromatic rings. The van der Waals surface area contributed by atoms with Gasteiger partial charge in [0.2, 0.25) is 0 Å². The minimum atomic E-state index is 0.0218. The second-order valence-electron chi connectivity index (χ2n) is 7.43. The smallest absolute Gasteiger partial charge is 0.0503 e. The monoisotopic (exact) mass is 359 g/mol. The van der Waals surface area contributed by atoms with Crippen LogP contribution in [0.1, 0.15) is 17.0 Å². The van der Waals surface area contributed by atoms with Crippen LogP contribution in [-0.2, 0) is 0 Å². The summed E-state index contributed by atoms with van der Waals surface area (Å²) >= 11 is 0. The number of benzene rings is 4. The lowest BCUT2D eigenvalue weighted by atomic mass is 9.90. The minimum absolute atomic E-state index is 0.0218. The maximum atomic E-state index is 4.58. The SMILES string of the molecule is [CH2]C(c1cccc2c1[nH]c1ccccc12)c1cccc2c1[nH]c1ccccc12. The minimum Gasteiger partial charge on any atom is -0.354 e. The van der Waals surface area contributed by atoms with Crippen LogP contribution in [0.2, 0.25) is 0 Å². The fraction of sp³-hybridized carbons (Fsp3) is 0.0385. The van der Waals surface area contributed by atoms with Crippen molar-refractivity contribution in [3.8, 4) is 0 Å². The molecule has 0 saturated carbocycles. The van der Waals surface area contributed by atoms with E-state index in [1.54, 1.807) is 0 Å². The van der Waals surface area contributed by atoms with Crippen molar-refractivity contribution < 1.29 is 0 Å². The maximum Gasteiger partial charge on any atom is 0.0503 e. The highest BCUT2D eigenvalue weighted by Gasteiger charge is 2.18. The van der Waals surface area contributed by atoms with Gasteiger partial charge in [0.1, 0.15) is 0 Å². The lowest BCUT2D eigenvalue weighted by Gasteiger charge is -2.15. The summed E-state index contributed by atoms with van der Waals surface area (Å²) in [5.41, 5.74) is 7.13. The number of H-pyrrole nitrogens is 2. The van der Waals surface area contributed by atoms with Gasteiger partial charge in [0, 0.05) is 38.5 Å². The summed E-state index contributed by atoms with van der Waals surface area (Å²) in [4.78, 5) is 7.24. The number of nitrogens with one attached hydrogen (secondary N) is 2. The van der Waals surface area contributed by atoms with E-state index in [-0.39, 0.29) is 5.92 Å². The van der Waals surface area contributed by atoms with Crippen molar-refractivity contribution in [2.45, 2.75) is 5.92 Å². The Bertz CT molecular complexity index is 1370. The Morgan fingerprint density at radius 2 is 0.929 bits per heavy atom. The average Bonchev–Trinajstić information content (AvgIpc) is 3.31. The first-order valence-corrected chi connectivity index (χ1v) is 9.63. The molecule has 2 heterocycles. The van der Waals surface area contributed by atoms with Crippen molar-refractivity contribution in [1.82, 2.24) is 9.97 Å². The number of para-hydroxylation sites is 4. The number of fused-ring (bicyclic) bond motifs is 6. The van der Waals surface area contributed by atoms with Crippen LogP contribution in [0.4, 0.5) is 0 Å². The molecule has 28 heavy (non-hydrogen) atoms. The van der Waals surface area contributed by atoms with Gasteiger partial charge in [-0.3, -0.25) is 0 Å². The third-order valence-corrected chi connectivity index (χ3v) is 5.90. The molecule has 2 nitrogen and oxygen atoms in total. The van der Waals surface area contributed by atoms with E-state index in [9.17, 15) is 0 Å². The van der Waals surface area contributed by atoms with Crippen LogP contribution in [0.5, 0.6) is 0 Å². The number of aromatic amines is 2. The Labute approximate surface area is 162 Å². The highest BCUT2D eigenvalue weighted by Crippen LogP contribution is 2.37. The van der Waals surface area contributed by atoms with E-state index < -0.39 is 0 Å². The van der Waals surface area contributed by atoms with Crippen molar-refractivity contribution >= 4 is 43.6 Å². The zero-order valence-corrected chi connectivity index (χ0v) is 15.4. The van der Waals surface area contributed by atoms with Gasteiger partial charge in [0.25, 0.3) is 0 Å². The molecule has 0 atom stereocenters. The molecule has 0 aliphatic rings. The molecular weight excluding hydrogens is 340 g/mol. The third-order valence-electron chi connectivity index (χ3n) is 5.90. The summed E-state index contributed by atoms with van der Waals surface area (Å²) in [5, 5.41) is 5.03. The van der Waals surface area contributed by atoms with Gasteiger partial charge < -0.3 is 9.97 Å². The van der Waals surface area contributed by atoms with E-state index >= 15 is 0 Å². The van der Waals surface area contributed by atoms with E-state index in [2.05, 4.69) is 102 Å². The summed E-state index contributed by atoms with van der Waals surface area (Å²) in [5.74, 6) is 0.0218. The van der Waals surface area contributed by atoms with Crippen molar-refractivity contribution in [2.24, 2.45) is 0 Å². The largest absolute Gasteiger partial charge is 0.354 e. The standard InChI is InChI=1S/C26H19N2/c1-16(17-10-6-12-21-19-8-2-4-14-23(19)27-25(17)21)18-11-7-13-22-20-9-3-5-15-24(20)28-26(18)22/h2-16,27-28H,1H2. The zero-order chi connectivity index (χ0) is 18.7. The van der Waals surface area contributed by atoms with Gasteiger partial charge in [-0.15, -0.1) is 0 Å². The number of aromatic nitrogens is 2. The molecule has 2 N–H and O–H groups in total. The molecular formula is C26H19N2. The fourth-order valence-corrected chi connectivity index (χ4v) is 4.54. The van der Waals surface area contributed by atoms with Crippen molar-refractivity contribution in [2.75, 3.05) is 0 Å². The first-order valence-electron chi connectivity index (χ1n) is 9.63. The summed E-state index contributed by atoms with van der Waals surface area (Å²) in [6.07, 6.45) is 0. The Kier molecular flexibility index (Phi) is 3.18.